The standard InChI is InChI=1S/C15H22N2/c1-10(11-5-4-6-11)17-15-9-14(16)12-7-2-3-8-13(12)15/h2-3,7-8,10-11,14-15,17H,4-6,9,16H2,1H3. The molecule has 92 valence electrons. The van der Waals surface area contributed by atoms with Gasteiger partial charge in [-0.25, -0.2) is 0 Å². The molecule has 3 N–H and O–H groups in total. The van der Waals surface area contributed by atoms with E-state index in [1.807, 2.05) is 0 Å². The SMILES string of the molecule is CC(NC1CC(N)c2ccccc21)C1CCC1. The Labute approximate surface area is 104 Å². The van der Waals surface area contributed by atoms with Crippen molar-refractivity contribution in [3.05, 3.63) is 35.4 Å². The summed E-state index contributed by atoms with van der Waals surface area (Å²) in [5, 5.41) is 3.79. The largest absolute Gasteiger partial charge is 0.324 e. The van der Waals surface area contributed by atoms with Crippen LogP contribution in [0.2, 0.25) is 0 Å². The van der Waals surface area contributed by atoms with Crippen molar-refractivity contribution in [2.24, 2.45) is 11.7 Å². The molecular formula is C15H22N2. The molecule has 0 amide bonds. The quantitative estimate of drug-likeness (QED) is 0.838. The molecule has 0 saturated heterocycles. The van der Waals surface area contributed by atoms with Crippen LogP contribution in [-0.2, 0) is 0 Å². The number of fused-ring (bicyclic) bond motifs is 1. The summed E-state index contributed by atoms with van der Waals surface area (Å²) in [6.45, 7) is 2.33. The summed E-state index contributed by atoms with van der Waals surface area (Å²) in [4.78, 5) is 0. The van der Waals surface area contributed by atoms with E-state index < -0.39 is 0 Å². The van der Waals surface area contributed by atoms with Crippen LogP contribution in [0.5, 0.6) is 0 Å². The first kappa shape index (κ1) is 11.2. The molecule has 0 bridgehead atoms. The number of nitrogens with one attached hydrogen (secondary N) is 1. The number of nitrogens with two attached hydrogens (primary N) is 1. The van der Waals surface area contributed by atoms with Gasteiger partial charge in [0.2, 0.25) is 0 Å². The molecule has 0 heterocycles. The average molecular weight is 230 g/mol. The average Bonchev–Trinajstić information content (AvgIpc) is 2.54. The van der Waals surface area contributed by atoms with Crippen LogP contribution < -0.4 is 11.1 Å². The summed E-state index contributed by atoms with van der Waals surface area (Å²) in [6.07, 6.45) is 5.26. The van der Waals surface area contributed by atoms with Crippen molar-refractivity contribution in [2.75, 3.05) is 0 Å². The van der Waals surface area contributed by atoms with Gasteiger partial charge in [-0.05, 0) is 43.2 Å². The topological polar surface area (TPSA) is 38.0 Å². The van der Waals surface area contributed by atoms with Crippen LogP contribution in [0.1, 0.15) is 55.8 Å². The molecule has 3 atom stereocenters. The lowest BCUT2D eigenvalue weighted by atomic mass is 9.80. The number of hydrogen-bond donors (Lipinski definition) is 2. The second-order valence-corrected chi connectivity index (χ2v) is 5.67. The van der Waals surface area contributed by atoms with Gasteiger partial charge in [-0.1, -0.05) is 30.7 Å². The van der Waals surface area contributed by atoms with Crippen LogP contribution in [0.15, 0.2) is 24.3 Å². The van der Waals surface area contributed by atoms with Crippen LogP contribution in [0, 0.1) is 5.92 Å². The smallest absolute Gasteiger partial charge is 0.0344 e. The van der Waals surface area contributed by atoms with Gasteiger partial charge in [0.05, 0.1) is 0 Å². The highest BCUT2D eigenvalue weighted by Gasteiger charge is 2.31. The van der Waals surface area contributed by atoms with E-state index in [9.17, 15) is 0 Å². The van der Waals surface area contributed by atoms with Crippen molar-refractivity contribution in [1.82, 2.24) is 5.32 Å². The Bertz CT molecular complexity index is 398. The van der Waals surface area contributed by atoms with Gasteiger partial charge in [0, 0.05) is 18.1 Å². The van der Waals surface area contributed by atoms with Crippen LogP contribution in [0.25, 0.3) is 0 Å². The van der Waals surface area contributed by atoms with E-state index in [0.717, 1.165) is 12.3 Å². The zero-order chi connectivity index (χ0) is 11.8. The first-order valence-electron chi connectivity index (χ1n) is 6.86. The molecule has 0 aliphatic heterocycles. The van der Waals surface area contributed by atoms with Crippen LogP contribution in [-0.4, -0.2) is 6.04 Å². The molecule has 3 rings (SSSR count). The second kappa shape index (κ2) is 4.43. The molecule has 1 aromatic rings. The van der Waals surface area contributed by atoms with Gasteiger partial charge in [0.1, 0.15) is 0 Å². The maximum Gasteiger partial charge on any atom is 0.0344 e. The van der Waals surface area contributed by atoms with Crippen LogP contribution in [0.3, 0.4) is 0 Å². The lowest BCUT2D eigenvalue weighted by Crippen LogP contribution is -2.38. The first-order valence-corrected chi connectivity index (χ1v) is 6.86. The number of hydrogen-bond acceptors (Lipinski definition) is 2. The van der Waals surface area contributed by atoms with Crippen molar-refractivity contribution in [2.45, 2.75) is 50.7 Å². The Hall–Kier alpha value is -0.860. The van der Waals surface area contributed by atoms with Crippen LogP contribution >= 0.6 is 0 Å². The fourth-order valence-corrected chi connectivity index (χ4v) is 3.22. The van der Waals surface area contributed by atoms with Crippen molar-refractivity contribution in [3.63, 3.8) is 0 Å². The molecule has 0 radical (unpaired) electrons. The fraction of sp³-hybridized carbons (Fsp3) is 0.600. The van der Waals surface area contributed by atoms with E-state index in [0.29, 0.717) is 12.1 Å². The first-order chi connectivity index (χ1) is 8.25. The number of rotatable bonds is 3. The molecular weight excluding hydrogens is 208 g/mol. The Kier molecular flexibility index (Phi) is 2.93. The highest BCUT2D eigenvalue weighted by molar-refractivity contribution is 5.37. The third kappa shape index (κ3) is 2.00. The maximum absolute atomic E-state index is 6.20. The highest BCUT2D eigenvalue weighted by atomic mass is 15.0. The predicted octanol–water partition coefficient (Wildman–Crippen LogP) is 2.91. The van der Waals surface area contributed by atoms with Gasteiger partial charge in [0.25, 0.3) is 0 Å². The van der Waals surface area contributed by atoms with E-state index in [-0.39, 0.29) is 6.04 Å². The van der Waals surface area contributed by atoms with E-state index in [4.69, 9.17) is 5.73 Å². The van der Waals surface area contributed by atoms with Gasteiger partial charge in [-0.15, -0.1) is 0 Å². The van der Waals surface area contributed by atoms with Gasteiger partial charge < -0.3 is 11.1 Å². The molecule has 17 heavy (non-hydrogen) atoms. The monoisotopic (exact) mass is 230 g/mol. The van der Waals surface area contributed by atoms with Crippen LogP contribution in [0.4, 0.5) is 0 Å². The third-order valence-corrected chi connectivity index (χ3v) is 4.58. The highest BCUT2D eigenvalue weighted by Crippen LogP contribution is 2.38. The molecule has 2 nitrogen and oxygen atoms in total. The molecule has 3 unspecified atom stereocenters. The predicted molar refractivity (Wildman–Crippen MR) is 70.7 cm³/mol. The lowest BCUT2D eigenvalue weighted by molar-refractivity contribution is 0.225. The van der Waals surface area contributed by atoms with E-state index in [2.05, 4.69) is 36.5 Å². The molecule has 1 saturated carbocycles. The zero-order valence-corrected chi connectivity index (χ0v) is 10.5. The minimum atomic E-state index is 0.220. The van der Waals surface area contributed by atoms with Crippen molar-refractivity contribution in [1.29, 1.82) is 0 Å². The summed E-state index contributed by atoms with van der Waals surface area (Å²) in [5.41, 5.74) is 8.96. The summed E-state index contributed by atoms with van der Waals surface area (Å²) < 4.78 is 0. The minimum Gasteiger partial charge on any atom is -0.324 e. The molecule has 0 aromatic heterocycles. The molecule has 2 aliphatic carbocycles. The fourth-order valence-electron chi connectivity index (χ4n) is 3.22. The zero-order valence-electron chi connectivity index (χ0n) is 10.5. The van der Waals surface area contributed by atoms with E-state index in [1.165, 1.54) is 30.4 Å². The Morgan fingerprint density at radius 1 is 1.24 bits per heavy atom. The Morgan fingerprint density at radius 3 is 2.59 bits per heavy atom. The molecule has 1 fully saturated rings. The van der Waals surface area contributed by atoms with Gasteiger partial charge in [-0.3, -0.25) is 0 Å². The minimum absolute atomic E-state index is 0.220. The summed E-state index contributed by atoms with van der Waals surface area (Å²) in [7, 11) is 0. The molecule has 0 spiro atoms. The Balaban J connectivity index is 1.72. The Morgan fingerprint density at radius 2 is 1.94 bits per heavy atom. The van der Waals surface area contributed by atoms with Crippen molar-refractivity contribution in [3.8, 4) is 0 Å². The molecule has 2 heteroatoms. The normalized spacial score (nSPS) is 29.8. The van der Waals surface area contributed by atoms with E-state index >= 15 is 0 Å². The second-order valence-electron chi connectivity index (χ2n) is 5.67. The van der Waals surface area contributed by atoms with Gasteiger partial charge >= 0.3 is 0 Å². The maximum atomic E-state index is 6.20. The van der Waals surface area contributed by atoms with Crippen molar-refractivity contribution < 1.29 is 0 Å². The molecule has 1 aromatic carbocycles. The number of benzene rings is 1. The van der Waals surface area contributed by atoms with E-state index in [1.54, 1.807) is 0 Å². The lowest BCUT2D eigenvalue weighted by Gasteiger charge is -2.34. The van der Waals surface area contributed by atoms with Gasteiger partial charge in [0.15, 0.2) is 0 Å². The molecule has 2 aliphatic rings. The van der Waals surface area contributed by atoms with Crippen molar-refractivity contribution >= 4 is 0 Å². The summed E-state index contributed by atoms with van der Waals surface area (Å²) >= 11 is 0. The third-order valence-electron chi connectivity index (χ3n) is 4.58. The summed E-state index contributed by atoms with van der Waals surface area (Å²) in [5.74, 6) is 0.888. The van der Waals surface area contributed by atoms with Gasteiger partial charge in [-0.2, -0.15) is 0 Å². The summed E-state index contributed by atoms with van der Waals surface area (Å²) in [6, 6.07) is 9.94.